The minimum absolute atomic E-state index is 0.711. The Bertz CT molecular complexity index is 909. The van der Waals surface area contributed by atoms with E-state index < -0.39 is 0 Å². The average molecular weight is 488 g/mol. The highest BCUT2D eigenvalue weighted by Crippen LogP contribution is 2.39. The van der Waals surface area contributed by atoms with Crippen molar-refractivity contribution in [2.24, 2.45) is 16.8 Å². The van der Waals surface area contributed by atoms with Crippen LogP contribution in [0.5, 0.6) is 0 Å². The molecular weight excluding hydrogens is 442 g/mol. The molecule has 0 bridgehead atoms. The highest BCUT2D eigenvalue weighted by molar-refractivity contribution is 7.78. The van der Waals surface area contributed by atoms with E-state index in [-0.39, 0.29) is 0 Å². The SMILES string of the molecule is CCCCCCC1CCC(c2ccc(CCC3CCC(c4ccc(N=C=S)cc4)CC3)cc2)CC1. The molecule has 0 aliphatic heterocycles. The van der Waals surface area contributed by atoms with Crippen molar-refractivity contribution in [2.45, 2.75) is 115 Å². The van der Waals surface area contributed by atoms with Crippen molar-refractivity contribution in [3.05, 3.63) is 65.2 Å². The summed E-state index contributed by atoms with van der Waals surface area (Å²) in [4.78, 5) is 4.07. The molecule has 2 aromatic rings. The normalized spacial score (nSPS) is 24.6. The highest BCUT2D eigenvalue weighted by Gasteiger charge is 2.23. The first kappa shape index (κ1) is 26.3. The number of rotatable bonds is 11. The molecule has 2 aliphatic carbocycles. The lowest BCUT2D eigenvalue weighted by Crippen LogP contribution is -2.14. The van der Waals surface area contributed by atoms with Crippen molar-refractivity contribution in [2.75, 3.05) is 0 Å². The number of benzene rings is 2. The van der Waals surface area contributed by atoms with Gasteiger partial charge in [-0.1, -0.05) is 75.4 Å². The highest BCUT2D eigenvalue weighted by atomic mass is 32.1. The molecule has 0 radical (unpaired) electrons. The predicted molar refractivity (Wildman–Crippen MR) is 154 cm³/mol. The number of unbranched alkanes of at least 4 members (excludes halogenated alkanes) is 3. The van der Waals surface area contributed by atoms with Crippen LogP contribution < -0.4 is 0 Å². The minimum atomic E-state index is 0.711. The van der Waals surface area contributed by atoms with Gasteiger partial charge in [0.1, 0.15) is 0 Å². The molecule has 0 unspecified atom stereocenters. The van der Waals surface area contributed by atoms with Gasteiger partial charge in [0.2, 0.25) is 0 Å². The summed E-state index contributed by atoms with van der Waals surface area (Å²) in [5.41, 5.74) is 5.51. The minimum Gasteiger partial charge on any atom is -0.195 e. The summed E-state index contributed by atoms with van der Waals surface area (Å²) in [7, 11) is 0. The lowest BCUT2D eigenvalue weighted by Gasteiger charge is -2.29. The van der Waals surface area contributed by atoms with E-state index in [0.29, 0.717) is 5.92 Å². The number of thiocarbonyl (C=S) groups is 1. The monoisotopic (exact) mass is 487 g/mol. The fourth-order valence-corrected chi connectivity index (χ4v) is 6.74. The van der Waals surface area contributed by atoms with E-state index in [0.717, 1.165) is 23.4 Å². The third kappa shape index (κ3) is 8.12. The molecule has 2 saturated carbocycles. The van der Waals surface area contributed by atoms with Crippen molar-refractivity contribution < 1.29 is 0 Å². The number of isothiocyanates is 1. The number of hydrogen-bond acceptors (Lipinski definition) is 2. The van der Waals surface area contributed by atoms with E-state index in [9.17, 15) is 0 Å². The fourth-order valence-electron chi connectivity index (χ4n) is 6.63. The van der Waals surface area contributed by atoms with Crippen LogP contribution in [0.2, 0.25) is 0 Å². The molecule has 2 aliphatic rings. The zero-order chi connectivity index (χ0) is 24.3. The summed E-state index contributed by atoms with van der Waals surface area (Å²) in [5.74, 6) is 3.41. The second-order valence-electron chi connectivity index (χ2n) is 11.4. The van der Waals surface area contributed by atoms with Gasteiger partial charge in [-0.3, -0.25) is 0 Å². The van der Waals surface area contributed by atoms with E-state index >= 15 is 0 Å². The first-order valence-electron chi connectivity index (χ1n) is 14.5. The summed E-state index contributed by atoms with van der Waals surface area (Å²) in [6.07, 6.45) is 20.8. The summed E-state index contributed by atoms with van der Waals surface area (Å²) >= 11 is 4.71. The molecule has 4 rings (SSSR count). The van der Waals surface area contributed by atoms with Gasteiger partial charge in [-0.05, 0) is 129 Å². The Morgan fingerprint density at radius 3 is 1.77 bits per heavy atom. The van der Waals surface area contributed by atoms with Crippen LogP contribution in [0.25, 0.3) is 0 Å². The maximum Gasteiger partial charge on any atom is 0.0739 e. The summed E-state index contributed by atoms with van der Waals surface area (Å²) in [6.45, 7) is 2.31. The van der Waals surface area contributed by atoms with Gasteiger partial charge in [0.15, 0.2) is 0 Å². The zero-order valence-electron chi connectivity index (χ0n) is 21.9. The van der Waals surface area contributed by atoms with Crippen molar-refractivity contribution >= 4 is 23.1 Å². The van der Waals surface area contributed by atoms with Gasteiger partial charge in [0, 0.05) is 0 Å². The topological polar surface area (TPSA) is 12.4 Å². The third-order valence-corrected chi connectivity index (χ3v) is 9.08. The van der Waals surface area contributed by atoms with Crippen LogP contribution in [0.1, 0.15) is 125 Å². The number of aliphatic imine (C=N–C) groups is 1. The molecule has 0 atom stereocenters. The van der Waals surface area contributed by atoms with Crippen molar-refractivity contribution in [3.63, 3.8) is 0 Å². The van der Waals surface area contributed by atoms with Crippen molar-refractivity contribution in [1.82, 2.24) is 0 Å². The molecule has 0 spiro atoms. The van der Waals surface area contributed by atoms with Crippen LogP contribution in [0.3, 0.4) is 0 Å². The largest absolute Gasteiger partial charge is 0.195 e. The third-order valence-electron chi connectivity index (χ3n) is 8.99. The Hall–Kier alpha value is -1.76. The van der Waals surface area contributed by atoms with E-state index in [2.05, 4.69) is 65.6 Å². The Labute approximate surface area is 219 Å². The Morgan fingerprint density at radius 2 is 1.23 bits per heavy atom. The fraction of sp³-hybridized carbons (Fsp3) is 0.606. The van der Waals surface area contributed by atoms with E-state index in [4.69, 9.17) is 12.2 Å². The number of hydrogen-bond donors (Lipinski definition) is 0. The zero-order valence-corrected chi connectivity index (χ0v) is 22.7. The summed E-state index contributed by atoms with van der Waals surface area (Å²) in [6, 6.07) is 18.4. The van der Waals surface area contributed by atoms with Gasteiger partial charge >= 0.3 is 0 Å². The lowest BCUT2D eigenvalue weighted by atomic mass is 9.76. The van der Waals surface area contributed by atoms with Gasteiger partial charge in [-0.25, -0.2) is 0 Å². The van der Waals surface area contributed by atoms with Gasteiger partial charge in [0.25, 0.3) is 0 Å². The first-order valence-corrected chi connectivity index (χ1v) is 14.9. The molecule has 0 heterocycles. The summed E-state index contributed by atoms with van der Waals surface area (Å²) in [5, 5.41) is 2.45. The molecule has 0 aromatic heterocycles. The first-order chi connectivity index (χ1) is 17.2. The molecule has 2 aromatic carbocycles. The maximum absolute atomic E-state index is 4.71. The van der Waals surface area contributed by atoms with Crippen LogP contribution in [0.15, 0.2) is 53.5 Å². The number of aryl methyl sites for hydroxylation is 1. The molecular formula is C33H45NS. The summed E-state index contributed by atoms with van der Waals surface area (Å²) < 4.78 is 0. The molecule has 188 valence electrons. The molecule has 1 nitrogen and oxygen atoms in total. The maximum atomic E-state index is 4.71. The molecule has 0 amide bonds. The smallest absolute Gasteiger partial charge is 0.0739 e. The standard InChI is InChI=1S/C33H45NS/c1-2-3-4-5-6-26-9-15-29(16-10-26)30-17-11-27(12-18-30)7-8-28-13-19-31(20-14-28)32-21-23-33(24-22-32)34-25-35/h11-12,17-18,21-24,26,28-29,31H,2-10,13-16,19-20H2,1H3. The van der Waals surface area contributed by atoms with Crippen LogP contribution in [-0.4, -0.2) is 5.16 Å². The van der Waals surface area contributed by atoms with Crippen LogP contribution in [-0.2, 0) is 6.42 Å². The van der Waals surface area contributed by atoms with Gasteiger partial charge in [-0.2, -0.15) is 4.99 Å². The molecule has 35 heavy (non-hydrogen) atoms. The quantitative estimate of drug-likeness (QED) is 0.174. The molecule has 0 saturated heterocycles. The Morgan fingerprint density at radius 1 is 0.686 bits per heavy atom. The second kappa shape index (κ2) is 14.1. The van der Waals surface area contributed by atoms with E-state index in [1.807, 2.05) is 0 Å². The van der Waals surface area contributed by atoms with Gasteiger partial charge in [-0.15, -0.1) is 0 Å². The average Bonchev–Trinajstić information content (AvgIpc) is 2.92. The Kier molecular flexibility index (Phi) is 10.6. The van der Waals surface area contributed by atoms with E-state index in [1.54, 1.807) is 5.56 Å². The number of nitrogens with zero attached hydrogens (tertiary/aromatic N) is 1. The lowest BCUT2D eigenvalue weighted by molar-refractivity contribution is 0.302. The molecule has 2 fully saturated rings. The second-order valence-corrected chi connectivity index (χ2v) is 11.5. The van der Waals surface area contributed by atoms with Crippen LogP contribution >= 0.6 is 12.2 Å². The molecule has 0 N–H and O–H groups in total. The van der Waals surface area contributed by atoms with Gasteiger partial charge < -0.3 is 0 Å². The molecule has 2 heteroatoms. The van der Waals surface area contributed by atoms with Crippen LogP contribution in [0.4, 0.5) is 5.69 Å². The van der Waals surface area contributed by atoms with E-state index in [1.165, 1.54) is 107 Å². The van der Waals surface area contributed by atoms with Crippen molar-refractivity contribution in [1.29, 1.82) is 0 Å². The van der Waals surface area contributed by atoms with Crippen molar-refractivity contribution in [3.8, 4) is 0 Å². The van der Waals surface area contributed by atoms with Gasteiger partial charge in [0.05, 0.1) is 10.8 Å². The van der Waals surface area contributed by atoms with Crippen LogP contribution in [0, 0.1) is 11.8 Å². The Balaban J connectivity index is 1.15. The predicted octanol–water partition coefficient (Wildman–Crippen LogP) is 10.6.